The molecule has 0 spiro atoms. The highest BCUT2D eigenvalue weighted by Crippen LogP contribution is 2.25. The topological polar surface area (TPSA) is 71.1 Å². The summed E-state index contributed by atoms with van der Waals surface area (Å²) in [6, 6.07) is 8.49. The minimum absolute atomic E-state index is 0.152. The van der Waals surface area contributed by atoms with Crippen LogP contribution in [-0.4, -0.2) is 16.8 Å². The van der Waals surface area contributed by atoms with Crippen LogP contribution in [-0.2, 0) is 11.2 Å². The van der Waals surface area contributed by atoms with Gasteiger partial charge in [-0.05, 0) is 36.1 Å². The average Bonchev–Trinajstić information content (AvgIpc) is 3.28. The highest BCUT2D eigenvalue weighted by molar-refractivity contribution is 7.14. The van der Waals surface area contributed by atoms with Crippen molar-refractivity contribution in [1.29, 1.82) is 0 Å². The number of nitrogens with zero attached hydrogens (tertiary/aromatic N) is 1. The molecule has 0 aliphatic carbocycles. The number of anilines is 2. The molecule has 0 unspecified atom stereocenters. The highest BCUT2D eigenvalue weighted by atomic mass is 35.5. The zero-order valence-electron chi connectivity index (χ0n) is 13.3. The fourth-order valence-electron chi connectivity index (χ4n) is 2.08. The van der Waals surface area contributed by atoms with Crippen molar-refractivity contribution in [2.24, 2.45) is 0 Å². The Kier molecular flexibility index (Phi) is 6.26. The summed E-state index contributed by atoms with van der Waals surface area (Å²) in [5, 5.41) is 10.5. The molecule has 2 aromatic heterocycles. The number of aromatic nitrogens is 1. The second-order valence-electron chi connectivity index (χ2n) is 5.25. The molecule has 26 heavy (non-hydrogen) atoms. The fourth-order valence-corrected chi connectivity index (χ4v) is 3.74. The Morgan fingerprint density at radius 1 is 1.08 bits per heavy atom. The molecule has 0 radical (unpaired) electrons. The molecular weight excluding hydrogens is 413 g/mol. The smallest absolute Gasteiger partial charge is 0.267 e. The summed E-state index contributed by atoms with van der Waals surface area (Å²) in [5.41, 5.74) is 1.34. The van der Waals surface area contributed by atoms with Gasteiger partial charge in [0.2, 0.25) is 5.91 Å². The van der Waals surface area contributed by atoms with Gasteiger partial charge in [0.25, 0.3) is 5.91 Å². The Hall–Kier alpha value is -1.93. The van der Waals surface area contributed by atoms with E-state index in [4.69, 9.17) is 23.2 Å². The molecule has 0 saturated carbocycles. The van der Waals surface area contributed by atoms with E-state index in [9.17, 15) is 9.59 Å². The molecule has 134 valence electrons. The molecule has 2 heterocycles. The van der Waals surface area contributed by atoms with Crippen molar-refractivity contribution >= 4 is 68.5 Å². The van der Waals surface area contributed by atoms with Crippen LogP contribution < -0.4 is 10.6 Å². The first-order valence-electron chi connectivity index (χ1n) is 7.55. The van der Waals surface area contributed by atoms with E-state index in [2.05, 4.69) is 15.6 Å². The Labute approximate surface area is 168 Å². The van der Waals surface area contributed by atoms with E-state index < -0.39 is 0 Å². The van der Waals surface area contributed by atoms with Crippen LogP contribution in [0.15, 0.2) is 41.1 Å². The molecule has 2 amide bonds. The number of benzene rings is 1. The van der Waals surface area contributed by atoms with Gasteiger partial charge in [-0.1, -0.05) is 29.3 Å². The van der Waals surface area contributed by atoms with Gasteiger partial charge in [-0.2, -0.15) is 0 Å². The maximum atomic E-state index is 12.0. The molecular formula is C17H13Cl2N3O2S2. The van der Waals surface area contributed by atoms with E-state index in [-0.39, 0.29) is 18.2 Å². The molecule has 2 N–H and O–H groups in total. The molecule has 0 saturated heterocycles. The minimum Gasteiger partial charge on any atom is -0.326 e. The Balaban J connectivity index is 1.50. The largest absolute Gasteiger partial charge is 0.326 e. The van der Waals surface area contributed by atoms with Crippen LogP contribution in [0.1, 0.15) is 21.8 Å². The number of amides is 2. The lowest BCUT2D eigenvalue weighted by Gasteiger charge is -2.05. The van der Waals surface area contributed by atoms with Gasteiger partial charge in [0.15, 0.2) is 5.13 Å². The Morgan fingerprint density at radius 2 is 1.92 bits per heavy atom. The summed E-state index contributed by atoms with van der Waals surface area (Å²) < 4.78 is 0. The van der Waals surface area contributed by atoms with Crippen LogP contribution in [0.2, 0.25) is 10.0 Å². The van der Waals surface area contributed by atoms with Crippen molar-refractivity contribution in [3.05, 3.63) is 61.7 Å². The monoisotopic (exact) mass is 425 g/mol. The SMILES string of the molecule is O=C(CCc1csc(NC(=O)c2cccs2)n1)Nc1ccc(Cl)c(Cl)c1. The van der Waals surface area contributed by atoms with Crippen LogP contribution in [0.5, 0.6) is 0 Å². The minimum atomic E-state index is -0.182. The van der Waals surface area contributed by atoms with Gasteiger partial charge in [0, 0.05) is 17.5 Å². The number of halogens is 2. The molecule has 0 aliphatic heterocycles. The number of thiophene rings is 1. The number of aryl methyl sites for hydroxylation is 1. The third kappa shape index (κ3) is 5.04. The van der Waals surface area contributed by atoms with Crippen molar-refractivity contribution in [3.63, 3.8) is 0 Å². The molecule has 0 bridgehead atoms. The first kappa shape index (κ1) is 18.8. The molecule has 3 aromatic rings. The Morgan fingerprint density at radius 3 is 2.65 bits per heavy atom. The number of hydrogen-bond donors (Lipinski definition) is 2. The Bertz CT molecular complexity index is 926. The first-order chi connectivity index (χ1) is 12.5. The number of hydrogen-bond acceptors (Lipinski definition) is 5. The summed E-state index contributed by atoms with van der Waals surface area (Å²) in [7, 11) is 0. The van der Waals surface area contributed by atoms with E-state index in [0.717, 1.165) is 5.69 Å². The maximum absolute atomic E-state index is 12.0. The summed E-state index contributed by atoms with van der Waals surface area (Å²) in [6.45, 7) is 0. The van der Waals surface area contributed by atoms with Crippen LogP contribution in [0, 0.1) is 0 Å². The first-order valence-corrected chi connectivity index (χ1v) is 10.1. The lowest BCUT2D eigenvalue weighted by Crippen LogP contribution is -2.12. The van der Waals surface area contributed by atoms with E-state index in [0.29, 0.717) is 32.2 Å². The summed E-state index contributed by atoms with van der Waals surface area (Å²) >= 11 is 14.5. The predicted octanol–water partition coefficient (Wildman–Crippen LogP) is 5.34. The van der Waals surface area contributed by atoms with Gasteiger partial charge in [-0.3, -0.25) is 14.9 Å². The number of thiazole rings is 1. The van der Waals surface area contributed by atoms with Gasteiger partial charge >= 0.3 is 0 Å². The molecule has 0 aliphatic rings. The van der Waals surface area contributed by atoms with Crippen molar-refractivity contribution in [2.45, 2.75) is 12.8 Å². The number of carbonyl (C=O) groups is 2. The summed E-state index contributed by atoms with van der Waals surface area (Å²) in [4.78, 5) is 29.0. The quantitative estimate of drug-likeness (QED) is 0.559. The maximum Gasteiger partial charge on any atom is 0.267 e. The van der Waals surface area contributed by atoms with Gasteiger partial charge < -0.3 is 5.32 Å². The molecule has 0 fully saturated rings. The van der Waals surface area contributed by atoms with Gasteiger partial charge in [0.05, 0.1) is 20.6 Å². The third-order valence-corrected chi connectivity index (χ3v) is 5.74. The highest BCUT2D eigenvalue weighted by Gasteiger charge is 2.11. The lowest BCUT2D eigenvalue weighted by molar-refractivity contribution is -0.116. The van der Waals surface area contributed by atoms with Crippen LogP contribution in [0.4, 0.5) is 10.8 Å². The van der Waals surface area contributed by atoms with E-state index in [1.807, 2.05) is 16.8 Å². The van der Waals surface area contributed by atoms with Gasteiger partial charge in [-0.25, -0.2) is 4.98 Å². The standard InChI is InChI=1S/C17H13Cl2N3O2S2/c18-12-5-3-10(8-13(12)19)20-15(23)6-4-11-9-26-17(21-11)22-16(24)14-2-1-7-25-14/h1-3,5,7-9H,4,6H2,(H,20,23)(H,21,22,24). The number of carbonyl (C=O) groups excluding carboxylic acids is 2. The molecule has 1 aromatic carbocycles. The van der Waals surface area contributed by atoms with Gasteiger partial charge in [-0.15, -0.1) is 22.7 Å². The normalized spacial score (nSPS) is 10.5. The number of nitrogens with one attached hydrogen (secondary N) is 2. The molecule has 5 nitrogen and oxygen atoms in total. The van der Waals surface area contributed by atoms with Crippen LogP contribution >= 0.6 is 45.9 Å². The van der Waals surface area contributed by atoms with Crippen molar-refractivity contribution < 1.29 is 9.59 Å². The second kappa shape index (κ2) is 8.64. The van der Waals surface area contributed by atoms with E-state index in [1.54, 1.807) is 24.3 Å². The van der Waals surface area contributed by atoms with Crippen LogP contribution in [0.3, 0.4) is 0 Å². The lowest BCUT2D eigenvalue weighted by atomic mass is 10.2. The zero-order chi connectivity index (χ0) is 18.5. The third-order valence-electron chi connectivity index (χ3n) is 3.33. The molecule has 9 heteroatoms. The van der Waals surface area contributed by atoms with E-state index in [1.165, 1.54) is 22.7 Å². The number of rotatable bonds is 6. The zero-order valence-corrected chi connectivity index (χ0v) is 16.4. The average molecular weight is 426 g/mol. The van der Waals surface area contributed by atoms with Crippen molar-refractivity contribution in [3.8, 4) is 0 Å². The molecule has 0 atom stereocenters. The van der Waals surface area contributed by atoms with Crippen molar-refractivity contribution in [1.82, 2.24) is 4.98 Å². The van der Waals surface area contributed by atoms with Crippen molar-refractivity contribution in [2.75, 3.05) is 10.6 Å². The predicted molar refractivity (Wildman–Crippen MR) is 108 cm³/mol. The summed E-state index contributed by atoms with van der Waals surface area (Å²) in [6.07, 6.45) is 0.737. The van der Waals surface area contributed by atoms with Crippen LogP contribution in [0.25, 0.3) is 0 Å². The fraction of sp³-hybridized carbons (Fsp3) is 0.118. The second-order valence-corrected chi connectivity index (χ2v) is 7.87. The van der Waals surface area contributed by atoms with Gasteiger partial charge in [0.1, 0.15) is 0 Å². The molecule has 3 rings (SSSR count). The summed E-state index contributed by atoms with van der Waals surface area (Å²) in [5.74, 6) is -0.334. The van der Waals surface area contributed by atoms with E-state index >= 15 is 0 Å².